The molecule has 3 heterocycles. The van der Waals surface area contributed by atoms with Crippen molar-refractivity contribution in [2.45, 2.75) is 32.2 Å². The SMILES string of the molecule is COc1ccc(-c2nn(C(=O)NCCN3CCCCC3C)cc2-c2ccncc2)cc1Cl. The van der Waals surface area contributed by atoms with E-state index >= 15 is 0 Å². The molecule has 0 spiro atoms. The Bertz CT molecular complexity index is 1070. The minimum absolute atomic E-state index is 0.254. The fourth-order valence-corrected chi connectivity index (χ4v) is 4.38. The summed E-state index contributed by atoms with van der Waals surface area (Å²) in [6.07, 6.45) is 8.92. The van der Waals surface area contributed by atoms with Crippen LogP contribution in [0.1, 0.15) is 26.2 Å². The number of amides is 1. The molecule has 1 aliphatic rings. The number of nitrogens with one attached hydrogen (secondary N) is 1. The van der Waals surface area contributed by atoms with Gasteiger partial charge in [-0.1, -0.05) is 18.0 Å². The second-order valence-corrected chi connectivity index (χ2v) is 8.44. The first-order valence-corrected chi connectivity index (χ1v) is 11.3. The number of aromatic nitrogens is 3. The lowest BCUT2D eigenvalue weighted by Gasteiger charge is -2.33. The molecule has 1 aliphatic heterocycles. The Kier molecular flexibility index (Phi) is 7.07. The summed E-state index contributed by atoms with van der Waals surface area (Å²) in [6.45, 7) is 4.76. The highest BCUT2D eigenvalue weighted by atomic mass is 35.5. The lowest BCUT2D eigenvalue weighted by Crippen LogP contribution is -2.43. The topological polar surface area (TPSA) is 72.3 Å². The number of nitrogens with zero attached hydrogens (tertiary/aromatic N) is 4. The Morgan fingerprint density at radius 2 is 2.03 bits per heavy atom. The Morgan fingerprint density at radius 1 is 1.22 bits per heavy atom. The Morgan fingerprint density at radius 3 is 2.75 bits per heavy atom. The third-order valence-electron chi connectivity index (χ3n) is 5.95. The molecule has 2 aromatic heterocycles. The molecular formula is C24H28ClN5O2. The van der Waals surface area contributed by atoms with Gasteiger partial charge < -0.3 is 10.1 Å². The molecule has 3 aromatic rings. The number of piperidine rings is 1. The van der Waals surface area contributed by atoms with Gasteiger partial charge in [-0.2, -0.15) is 9.78 Å². The molecule has 0 aliphatic carbocycles. The maximum atomic E-state index is 12.9. The van der Waals surface area contributed by atoms with E-state index in [1.807, 2.05) is 18.2 Å². The van der Waals surface area contributed by atoms with Crippen LogP contribution in [0.3, 0.4) is 0 Å². The number of rotatable bonds is 6. The van der Waals surface area contributed by atoms with Gasteiger partial charge in [-0.3, -0.25) is 9.88 Å². The van der Waals surface area contributed by atoms with E-state index in [-0.39, 0.29) is 6.03 Å². The summed E-state index contributed by atoms with van der Waals surface area (Å²) in [5.41, 5.74) is 3.22. The van der Waals surface area contributed by atoms with Gasteiger partial charge in [0.1, 0.15) is 11.4 Å². The summed E-state index contributed by atoms with van der Waals surface area (Å²) in [5.74, 6) is 0.588. The van der Waals surface area contributed by atoms with Crippen LogP contribution >= 0.6 is 11.6 Å². The molecule has 1 N–H and O–H groups in total. The fraction of sp³-hybridized carbons (Fsp3) is 0.375. The first-order valence-electron chi connectivity index (χ1n) is 10.9. The van der Waals surface area contributed by atoms with Gasteiger partial charge in [-0.25, -0.2) is 4.79 Å². The van der Waals surface area contributed by atoms with Crippen molar-refractivity contribution in [2.24, 2.45) is 0 Å². The third kappa shape index (κ3) is 4.95. The van der Waals surface area contributed by atoms with Crippen molar-refractivity contribution in [2.75, 3.05) is 26.7 Å². The summed E-state index contributed by atoms with van der Waals surface area (Å²) >= 11 is 6.35. The number of hydrogen-bond acceptors (Lipinski definition) is 5. The summed E-state index contributed by atoms with van der Waals surface area (Å²) in [7, 11) is 1.58. The maximum absolute atomic E-state index is 12.9. The Balaban J connectivity index is 1.56. The average molecular weight is 454 g/mol. The van der Waals surface area contributed by atoms with Gasteiger partial charge in [-0.15, -0.1) is 0 Å². The maximum Gasteiger partial charge on any atom is 0.342 e. The van der Waals surface area contributed by atoms with Crippen LogP contribution in [0.25, 0.3) is 22.4 Å². The molecule has 1 saturated heterocycles. The monoisotopic (exact) mass is 453 g/mol. The quantitative estimate of drug-likeness (QED) is 0.585. The molecule has 0 saturated carbocycles. The van der Waals surface area contributed by atoms with Crippen LogP contribution in [0.5, 0.6) is 5.75 Å². The highest BCUT2D eigenvalue weighted by molar-refractivity contribution is 6.32. The van der Waals surface area contributed by atoms with Crippen LogP contribution in [-0.4, -0.2) is 58.5 Å². The molecule has 4 rings (SSSR count). The van der Waals surface area contributed by atoms with Gasteiger partial charge >= 0.3 is 6.03 Å². The van der Waals surface area contributed by atoms with Crippen LogP contribution in [0.2, 0.25) is 5.02 Å². The first-order chi connectivity index (χ1) is 15.6. The number of halogens is 1. The van der Waals surface area contributed by atoms with Crippen molar-refractivity contribution < 1.29 is 9.53 Å². The molecule has 32 heavy (non-hydrogen) atoms. The number of methoxy groups -OCH3 is 1. The second kappa shape index (κ2) is 10.1. The largest absolute Gasteiger partial charge is 0.495 e. The molecule has 1 atom stereocenters. The van der Waals surface area contributed by atoms with Crippen molar-refractivity contribution in [1.29, 1.82) is 0 Å². The number of likely N-dealkylation sites (tertiary alicyclic amines) is 1. The van der Waals surface area contributed by atoms with Gasteiger partial charge in [0.2, 0.25) is 0 Å². The normalized spacial score (nSPS) is 16.7. The van der Waals surface area contributed by atoms with E-state index in [2.05, 4.69) is 27.2 Å². The average Bonchev–Trinajstić information content (AvgIpc) is 3.26. The van der Waals surface area contributed by atoms with Crippen molar-refractivity contribution in [1.82, 2.24) is 25.0 Å². The van der Waals surface area contributed by atoms with Crippen LogP contribution in [-0.2, 0) is 0 Å². The fourth-order valence-electron chi connectivity index (χ4n) is 4.12. The van der Waals surface area contributed by atoms with E-state index in [0.29, 0.717) is 29.1 Å². The van der Waals surface area contributed by atoms with Gasteiger partial charge in [0.15, 0.2) is 0 Å². The third-order valence-corrected chi connectivity index (χ3v) is 6.25. The number of carbonyl (C=O) groups excluding carboxylic acids is 1. The molecule has 7 nitrogen and oxygen atoms in total. The summed E-state index contributed by atoms with van der Waals surface area (Å²) in [4.78, 5) is 19.4. The van der Waals surface area contributed by atoms with Crippen LogP contribution in [0.4, 0.5) is 4.79 Å². The summed E-state index contributed by atoms with van der Waals surface area (Å²) in [5, 5.41) is 8.09. The van der Waals surface area contributed by atoms with E-state index < -0.39 is 0 Å². The van der Waals surface area contributed by atoms with E-state index in [1.54, 1.807) is 37.8 Å². The van der Waals surface area contributed by atoms with E-state index in [9.17, 15) is 4.79 Å². The van der Waals surface area contributed by atoms with Crippen molar-refractivity contribution >= 4 is 17.6 Å². The predicted octanol–water partition coefficient (Wildman–Crippen LogP) is 4.71. The number of pyridine rings is 1. The van der Waals surface area contributed by atoms with E-state index in [1.165, 1.54) is 23.9 Å². The van der Waals surface area contributed by atoms with Gasteiger partial charge in [0.05, 0.1) is 12.1 Å². The standard InChI is InChI=1S/C24H28ClN5O2/c1-17-5-3-4-13-29(17)14-12-27-24(31)30-16-20(18-8-10-26-11-9-18)23(28-30)19-6-7-22(32-2)21(25)15-19/h6-11,15-17H,3-5,12-14H2,1-2H3,(H,27,31). The predicted molar refractivity (Wildman–Crippen MR) is 126 cm³/mol. The molecule has 1 amide bonds. The van der Waals surface area contributed by atoms with Crippen LogP contribution < -0.4 is 10.1 Å². The van der Waals surface area contributed by atoms with E-state index in [0.717, 1.165) is 29.8 Å². The lowest BCUT2D eigenvalue weighted by atomic mass is 10.0. The highest BCUT2D eigenvalue weighted by Crippen LogP contribution is 2.35. The van der Waals surface area contributed by atoms with Crippen LogP contribution in [0, 0.1) is 0 Å². The highest BCUT2D eigenvalue weighted by Gasteiger charge is 2.20. The zero-order valence-electron chi connectivity index (χ0n) is 18.4. The zero-order chi connectivity index (χ0) is 22.5. The van der Waals surface area contributed by atoms with E-state index in [4.69, 9.17) is 16.3 Å². The van der Waals surface area contributed by atoms with Gasteiger partial charge in [0.25, 0.3) is 0 Å². The van der Waals surface area contributed by atoms with Gasteiger partial charge in [-0.05, 0) is 62.2 Å². The molecule has 168 valence electrons. The Labute approximate surface area is 193 Å². The van der Waals surface area contributed by atoms with Crippen molar-refractivity contribution in [3.63, 3.8) is 0 Å². The zero-order valence-corrected chi connectivity index (χ0v) is 19.2. The number of hydrogen-bond donors (Lipinski definition) is 1. The molecule has 0 bridgehead atoms. The Hall–Kier alpha value is -2.90. The molecule has 1 fully saturated rings. The summed E-state index contributed by atoms with van der Waals surface area (Å²) < 4.78 is 6.63. The lowest BCUT2D eigenvalue weighted by molar-refractivity contribution is 0.161. The number of ether oxygens (including phenoxy) is 1. The molecule has 1 aromatic carbocycles. The van der Waals surface area contributed by atoms with Crippen molar-refractivity contribution in [3.8, 4) is 28.1 Å². The minimum atomic E-state index is -0.254. The molecular weight excluding hydrogens is 426 g/mol. The van der Waals surface area contributed by atoms with Crippen molar-refractivity contribution in [3.05, 3.63) is 53.9 Å². The van der Waals surface area contributed by atoms with Gasteiger partial charge in [0, 0.05) is 48.8 Å². The first kappa shape index (κ1) is 22.3. The number of benzene rings is 1. The molecule has 1 unspecified atom stereocenters. The molecule has 8 heteroatoms. The minimum Gasteiger partial charge on any atom is -0.495 e. The smallest absolute Gasteiger partial charge is 0.342 e. The number of carbonyl (C=O) groups is 1. The second-order valence-electron chi connectivity index (χ2n) is 8.03. The summed E-state index contributed by atoms with van der Waals surface area (Å²) in [6, 6.07) is 9.58. The van der Waals surface area contributed by atoms with Crippen LogP contribution in [0.15, 0.2) is 48.9 Å². The molecule has 0 radical (unpaired) electrons.